The highest BCUT2D eigenvalue weighted by Gasteiger charge is 2.42. The van der Waals surface area contributed by atoms with Crippen molar-refractivity contribution < 1.29 is 14.3 Å². The molecule has 0 radical (unpaired) electrons. The van der Waals surface area contributed by atoms with Gasteiger partial charge in [-0.2, -0.15) is 0 Å². The Labute approximate surface area is 165 Å². The van der Waals surface area contributed by atoms with E-state index in [1.165, 1.54) is 32.7 Å². The van der Waals surface area contributed by atoms with Gasteiger partial charge in [0, 0.05) is 65.6 Å². The summed E-state index contributed by atoms with van der Waals surface area (Å²) in [6.07, 6.45) is 4.75. The predicted octanol–water partition coefficient (Wildman–Crippen LogP) is 1.84. The zero-order valence-corrected chi connectivity index (χ0v) is 17.6. The summed E-state index contributed by atoms with van der Waals surface area (Å²) in [6.45, 7) is 13.7. The number of amides is 1. The van der Waals surface area contributed by atoms with Crippen molar-refractivity contribution in [3.8, 4) is 0 Å². The first-order chi connectivity index (χ1) is 13.0. The lowest BCUT2D eigenvalue weighted by Gasteiger charge is -2.49. The Hall–Kier alpha value is -0.690. The number of ether oxygens (including phenoxy) is 2. The standard InChI is InChI=1S/C21H39N3O3/c1-18(2)17-22-10-12-23(13-11-22)19-4-15-27-21(16-19)6-8-24(9-7-21)20(25)5-14-26-3/h18-19H,4-17H2,1-3H3/t19-/m0/s1. The van der Waals surface area contributed by atoms with Crippen molar-refractivity contribution in [2.45, 2.75) is 57.6 Å². The number of hydrogen-bond donors (Lipinski definition) is 0. The number of piperidine rings is 1. The Morgan fingerprint density at radius 1 is 1.15 bits per heavy atom. The van der Waals surface area contributed by atoms with Crippen molar-refractivity contribution in [2.75, 3.05) is 66.1 Å². The van der Waals surface area contributed by atoms with Crippen LogP contribution in [0.5, 0.6) is 0 Å². The number of carbonyl (C=O) groups excluding carboxylic acids is 1. The molecule has 3 saturated heterocycles. The van der Waals surface area contributed by atoms with E-state index in [9.17, 15) is 4.79 Å². The Balaban J connectivity index is 1.47. The van der Waals surface area contributed by atoms with Crippen LogP contribution >= 0.6 is 0 Å². The van der Waals surface area contributed by atoms with Gasteiger partial charge >= 0.3 is 0 Å². The summed E-state index contributed by atoms with van der Waals surface area (Å²) in [4.78, 5) is 19.6. The summed E-state index contributed by atoms with van der Waals surface area (Å²) < 4.78 is 11.4. The molecule has 0 aromatic heterocycles. The molecule has 1 spiro atoms. The molecule has 0 saturated carbocycles. The summed E-state index contributed by atoms with van der Waals surface area (Å²) in [6, 6.07) is 0.649. The zero-order chi connectivity index (χ0) is 19.3. The third kappa shape index (κ3) is 5.66. The molecule has 156 valence electrons. The van der Waals surface area contributed by atoms with Crippen LogP contribution in [0.25, 0.3) is 0 Å². The summed E-state index contributed by atoms with van der Waals surface area (Å²) >= 11 is 0. The Kier molecular flexibility index (Phi) is 7.54. The van der Waals surface area contributed by atoms with Gasteiger partial charge in [0.25, 0.3) is 0 Å². The summed E-state index contributed by atoms with van der Waals surface area (Å²) in [5.74, 6) is 0.972. The largest absolute Gasteiger partial charge is 0.384 e. The van der Waals surface area contributed by atoms with E-state index in [1.54, 1.807) is 7.11 Å². The second-order valence-electron chi connectivity index (χ2n) is 9.03. The SMILES string of the molecule is COCCC(=O)N1CCC2(CC1)C[C@@H](N1CCN(CC(C)C)CC1)CCO2. The minimum atomic E-state index is -0.00395. The van der Waals surface area contributed by atoms with Gasteiger partial charge in [0.1, 0.15) is 0 Å². The molecule has 3 rings (SSSR count). The highest BCUT2D eigenvalue weighted by molar-refractivity contribution is 5.76. The van der Waals surface area contributed by atoms with Crippen LogP contribution in [0.4, 0.5) is 0 Å². The molecule has 27 heavy (non-hydrogen) atoms. The second-order valence-corrected chi connectivity index (χ2v) is 9.03. The summed E-state index contributed by atoms with van der Waals surface area (Å²) in [5, 5.41) is 0. The van der Waals surface area contributed by atoms with E-state index in [4.69, 9.17) is 9.47 Å². The van der Waals surface area contributed by atoms with Crippen LogP contribution in [0.2, 0.25) is 0 Å². The maximum atomic E-state index is 12.2. The van der Waals surface area contributed by atoms with Gasteiger partial charge in [-0.05, 0) is 31.6 Å². The van der Waals surface area contributed by atoms with E-state index in [0.717, 1.165) is 51.3 Å². The molecule has 0 unspecified atom stereocenters. The number of methoxy groups -OCH3 is 1. The van der Waals surface area contributed by atoms with Crippen molar-refractivity contribution in [1.29, 1.82) is 0 Å². The lowest BCUT2D eigenvalue weighted by atomic mass is 9.81. The monoisotopic (exact) mass is 381 g/mol. The molecule has 0 bridgehead atoms. The number of piperazine rings is 1. The van der Waals surface area contributed by atoms with Crippen LogP contribution in [0.3, 0.4) is 0 Å². The van der Waals surface area contributed by atoms with Gasteiger partial charge in [-0.25, -0.2) is 0 Å². The van der Waals surface area contributed by atoms with E-state index >= 15 is 0 Å². The number of hydrogen-bond acceptors (Lipinski definition) is 5. The fourth-order valence-corrected chi connectivity index (χ4v) is 5.00. The molecular weight excluding hydrogens is 342 g/mol. The Morgan fingerprint density at radius 3 is 2.48 bits per heavy atom. The molecular formula is C21H39N3O3. The molecule has 3 aliphatic rings. The summed E-state index contributed by atoms with van der Waals surface area (Å²) in [7, 11) is 1.65. The highest BCUT2D eigenvalue weighted by Crippen LogP contribution is 2.37. The topological polar surface area (TPSA) is 45.2 Å². The van der Waals surface area contributed by atoms with Gasteiger partial charge in [-0.1, -0.05) is 13.8 Å². The van der Waals surface area contributed by atoms with E-state index in [1.807, 2.05) is 4.90 Å². The van der Waals surface area contributed by atoms with Crippen LogP contribution in [0.15, 0.2) is 0 Å². The van der Waals surface area contributed by atoms with Crippen LogP contribution < -0.4 is 0 Å². The van der Waals surface area contributed by atoms with Crippen molar-refractivity contribution in [2.24, 2.45) is 5.92 Å². The maximum absolute atomic E-state index is 12.2. The van der Waals surface area contributed by atoms with Gasteiger partial charge < -0.3 is 19.3 Å². The zero-order valence-electron chi connectivity index (χ0n) is 17.6. The van der Waals surface area contributed by atoms with E-state index in [0.29, 0.717) is 19.1 Å². The van der Waals surface area contributed by atoms with Gasteiger partial charge in [-0.3, -0.25) is 9.69 Å². The fourth-order valence-electron chi connectivity index (χ4n) is 5.00. The number of carbonyl (C=O) groups is 1. The first kappa shape index (κ1) is 21.0. The normalized spacial score (nSPS) is 27.4. The fraction of sp³-hybridized carbons (Fsp3) is 0.952. The molecule has 1 amide bonds. The average Bonchev–Trinajstić information content (AvgIpc) is 2.67. The Bertz CT molecular complexity index is 469. The molecule has 0 aliphatic carbocycles. The third-order valence-corrected chi connectivity index (χ3v) is 6.56. The van der Waals surface area contributed by atoms with E-state index in [-0.39, 0.29) is 11.5 Å². The third-order valence-electron chi connectivity index (χ3n) is 6.56. The van der Waals surface area contributed by atoms with E-state index in [2.05, 4.69) is 23.6 Å². The lowest BCUT2D eigenvalue weighted by Crippen LogP contribution is -2.57. The molecule has 3 heterocycles. The van der Waals surface area contributed by atoms with Crippen LogP contribution in [-0.2, 0) is 14.3 Å². The predicted molar refractivity (Wildman–Crippen MR) is 107 cm³/mol. The van der Waals surface area contributed by atoms with Crippen LogP contribution in [-0.4, -0.2) is 98.4 Å². The van der Waals surface area contributed by atoms with Crippen LogP contribution in [0, 0.1) is 5.92 Å². The minimum absolute atomic E-state index is 0.00395. The van der Waals surface area contributed by atoms with Crippen molar-refractivity contribution in [1.82, 2.24) is 14.7 Å². The molecule has 6 heteroatoms. The minimum Gasteiger partial charge on any atom is -0.384 e. The first-order valence-electron chi connectivity index (χ1n) is 10.9. The van der Waals surface area contributed by atoms with E-state index < -0.39 is 0 Å². The molecule has 3 aliphatic heterocycles. The second kappa shape index (κ2) is 9.68. The number of likely N-dealkylation sites (tertiary alicyclic amines) is 1. The van der Waals surface area contributed by atoms with Crippen LogP contribution in [0.1, 0.15) is 46.0 Å². The smallest absolute Gasteiger partial charge is 0.224 e. The maximum Gasteiger partial charge on any atom is 0.224 e. The number of nitrogens with zero attached hydrogens (tertiary/aromatic N) is 3. The van der Waals surface area contributed by atoms with Gasteiger partial charge in [0.15, 0.2) is 0 Å². The lowest BCUT2D eigenvalue weighted by molar-refractivity contribution is -0.150. The summed E-state index contributed by atoms with van der Waals surface area (Å²) in [5.41, 5.74) is -0.00395. The number of rotatable bonds is 6. The average molecular weight is 382 g/mol. The van der Waals surface area contributed by atoms with Gasteiger partial charge in [0.05, 0.1) is 18.6 Å². The van der Waals surface area contributed by atoms with Gasteiger partial charge in [-0.15, -0.1) is 0 Å². The Morgan fingerprint density at radius 2 is 1.85 bits per heavy atom. The van der Waals surface area contributed by atoms with Gasteiger partial charge in [0.2, 0.25) is 5.91 Å². The molecule has 0 aromatic carbocycles. The quantitative estimate of drug-likeness (QED) is 0.702. The molecule has 6 nitrogen and oxygen atoms in total. The highest BCUT2D eigenvalue weighted by atomic mass is 16.5. The molecule has 3 fully saturated rings. The van der Waals surface area contributed by atoms with Crippen molar-refractivity contribution in [3.63, 3.8) is 0 Å². The van der Waals surface area contributed by atoms with Crippen molar-refractivity contribution in [3.05, 3.63) is 0 Å². The molecule has 0 aromatic rings. The first-order valence-corrected chi connectivity index (χ1v) is 10.9. The molecule has 1 atom stereocenters. The van der Waals surface area contributed by atoms with Crippen molar-refractivity contribution >= 4 is 5.91 Å². The molecule has 0 N–H and O–H groups in total.